The van der Waals surface area contributed by atoms with Gasteiger partial charge in [0.2, 0.25) is 5.91 Å². The van der Waals surface area contributed by atoms with Crippen molar-refractivity contribution >= 4 is 11.6 Å². The summed E-state index contributed by atoms with van der Waals surface area (Å²) in [5.41, 5.74) is 8.01. The Labute approximate surface area is 93.8 Å². The summed E-state index contributed by atoms with van der Waals surface area (Å²) < 4.78 is 13.4. The van der Waals surface area contributed by atoms with Crippen molar-refractivity contribution in [3.05, 3.63) is 29.1 Å². The van der Waals surface area contributed by atoms with Crippen LogP contribution in [0.5, 0.6) is 0 Å². The molecule has 1 amide bonds. The van der Waals surface area contributed by atoms with Crippen LogP contribution in [0.15, 0.2) is 12.1 Å². The third-order valence-electron chi connectivity index (χ3n) is 3.11. The van der Waals surface area contributed by atoms with Gasteiger partial charge in [0, 0.05) is 11.7 Å². The lowest BCUT2D eigenvalue weighted by molar-refractivity contribution is -0.116. The second kappa shape index (κ2) is 3.87. The standard InChI is InChI=1S/C12H15FN2O/c1-3-10(14)9-5-7(13)4-8-6(2)12(16)15-11(8)9/h4-6,10H,3,14H2,1-2H3,(H,15,16). The molecular formula is C12H15FN2O. The first-order chi connectivity index (χ1) is 7.54. The Kier molecular flexibility index (Phi) is 2.68. The van der Waals surface area contributed by atoms with Crippen molar-refractivity contribution in [2.75, 3.05) is 5.32 Å². The number of hydrogen-bond acceptors (Lipinski definition) is 2. The van der Waals surface area contributed by atoms with Crippen molar-refractivity contribution in [1.82, 2.24) is 0 Å². The number of rotatable bonds is 2. The van der Waals surface area contributed by atoms with Gasteiger partial charge in [0.25, 0.3) is 0 Å². The molecule has 2 unspecified atom stereocenters. The molecular weight excluding hydrogens is 207 g/mol. The van der Waals surface area contributed by atoms with Crippen LogP contribution in [0.1, 0.15) is 43.4 Å². The zero-order valence-electron chi connectivity index (χ0n) is 9.38. The molecule has 1 aromatic carbocycles. The lowest BCUT2D eigenvalue weighted by Crippen LogP contribution is -2.13. The molecule has 0 radical (unpaired) electrons. The lowest BCUT2D eigenvalue weighted by Gasteiger charge is -2.14. The minimum atomic E-state index is -0.332. The number of amides is 1. The highest BCUT2D eigenvalue weighted by Gasteiger charge is 2.30. The van der Waals surface area contributed by atoms with Crippen LogP contribution >= 0.6 is 0 Å². The smallest absolute Gasteiger partial charge is 0.231 e. The predicted octanol–water partition coefficient (Wildman–Crippen LogP) is 2.29. The summed E-state index contributed by atoms with van der Waals surface area (Å²) in [7, 11) is 0. The van der Waals surface area contributed by atoms with E-state index in [4.69, 9.17) is 5.73 Å². The van der Waals surface area contributed by atoms with Gasteiger partial charge in [0.1, 0.15) is 5.82 Å². The van der Waals surface area contributed by atoms with Crippen LogP contribution in [-0.4, -0.2) is 5.91 Å². The number of nitrogens with one attached hydrogen (secondary N) is 1. The fraction of sp³-hybridized carbons (Fsp3) is 0.417. The fourth-order valence-corrected chi connectivity index (χ4v) is 2.02. The first kappa shape index (κ1) is 11.1. The first-order valence-electron chi connectivity index (χ1n) is 5.44. The van der Waals surface area contributed by atoms with Gasteiger partial charge in [-0.25, -0.2) is 4.39 Å². The number of carbonyl (C=O) groups excluding carboxylic acids is 1. The van der Waals surface area contributed by atoms with Crippen LogP contribution in [0.2, 0.25) is 0 Å². The Balaban J connectivity index is 2.57. The number of fused-ring (bicyclic) bond motifs is 1. The summed E-state index contributed by atoms with van der Waals surface area (Å²) in [6, 6.07) is 2.57. The molecule has 3 N–H and O–H groups in total. The number of hydrogen-bond donors (Lipinski definition) is 2. The maximum absolute atomic E-state index is 13.4. The maximum atomic E-state index is 13.4. The van der Waals surface area contributed by atoms with Crippen molar-refractivity contribution in [3.63, 3.8) is 0 Å². The summed E-state index contributed by atoms with van der Waals surface area (Å²) in [5, 5.41) is 2.77. The zero-order chi connectivity index (χ0) is 11.9. The van der Waals surface area contributed by atoms with E-state index in [1.165, 1.54) is 12.1 Å². The van der Waals surface area contributed by atoms with Crippen LogP contribution in [0, 0.1) is 5.82 Å². The van der Waals surface area contributed by atoms with E-state index in [0.29, 0.717) is 23.2 Å². The van der Waals surface area contributed by atoms with E-state index in [1.807, 2.05) is 6.92 Å². The quantitative estimate of drug-likeness (QED) is 0.806. The van der Waals surface area contributed by atoms with E-state index in [9.17, 15) is 9.18 Å². The molecule has 0 saturated heterocycles. The summed E-state index contributed by atoms with van der Waals surface area (Å²) >= 11 is 0. The van der Waals surface area contributed by atoms with E-state index in [1.54, 1.807) is 6.92 Å². The Morgan fingerprint density at radius 3 is 2.88 bits per heavy atom. The van der Waals surface area contributed by atoms with Crippen LogP contribution in [0.3, 0.4) is 0 Å². The molecule has 0 saturated carbocycles. The summed E-state index contributed by atoms with van der Waals surface area (Å²) in [6.07, 6.45) is 0.708. The van der Waals surface area contributed by atoms with Crippen molar-refractivity contribution in [2.45, 2.75) is 32.2 Å². The minimum Gasteiger partial charge on any atom is -0.325 e. The first-order valence-corrected chi connectivity index (χ1v) is 5.44. The Morgan fingerprint density at radius 1 is 1.56 bits per heavy atom. The molecule has 3 nitrogen and oxygen atoms in total. The van der Waals surface area contributed by atoms with Crippen molar-refractivity contribution in [2.24, 2.45) is 5.73 Å². The molecule has 0 spiro atoms. The molecule has 1 aromatic rings. The highest BCUT2D eigenvalue weighted by Crippen LogP contribution is 2.38. The van der Waals surface area contributed by atoms with Crippen molar-refractivity contribution in [1.29, 1.82) is 0 Å². The summed E-state index contributed by atoms with van der Waals surface area (Å²) in [4.78, 5) is 11.5. The van der Waals surface area contributed by atoms with Gasteiger partial charge in [0.05, 0.1) is 5.92 Å². The molecule has 0 bridgehead atoms. The van der Waals surface area contributed by atoms with Gasteiger partial charge in [0.15, 0.2) is 0 Å². The average Bonchev–Trinajstić information content (AvgIpc) is 2.54. The van der Waals surface area contributed by atoms with Crippen LogP contribution < -0.4 is 11.1 Å². The second-order valence-electron chi connectivity index (χ2n) is 4.18. The zero-order valence-corrected chi connectivity index (χ0v) is 9.38. The molecule has 16 heavy (non-hydrogen) atoms. The third kappa shape index (κ3) is 1.59. The monoisotopic (exact) mass is 222 g/mol. The molecule has 0 fully saturated rings. The van der Waals surface area contributed by atoms with Gasteiger partial charge in [-0.2, -0.15) is 0 Å². The summed E-state index contributed by atoms with van der Waals surface area (Å²) in [6.45, 7) is 3.70. The molecule has 1 aliphatic rings. The molecule has 4 heteroatoms. The summed E-state index contributed by atoms with van der Waals surface area (Å²) in [5.74, 6) is -0.723. The number of nitrogens with two attached hydrogens (primary N) is 1. The van der Waals surface area contributed by atoms with Gasteiger partial charge in [-0.3, -0.25) is 4.79 Å². The van der Waals surface area contributed by atoms with Gasteiger partial charge < -0.3 is 11.1 Å². The largest absolute Gasteiger partial charge is 0.325 e. The average molecular weight is 222 g/mol. The van der Waals surface area contributed by atoms with Crippen molar-refractivity contribution in [3.8, 4) is 0 Å². The van der Waals surface area contributed by atoms with E-state index in [0.717, 1.165) is 0 Å². The van der Waals surface area contributed by atoms with Gasteiger partial charge in [-0.15, -0.1) is 0 Å². The number of carbonyl (C=O) groups is 1. The number of anilines is 1. The van der Waals surface area contributed by atoms with Crippen LogP contribution in [0.4, 0.5) is 10.1 Å². The van der Waals surface area contributed by atoms with E-state index >= 15 is 0 Å². The van der Waals surface area contributed by atoms with Gasteiger partial charge >= 0.3 is 0 Å². The Morgan fingerprint density at radius 2 is 2.25 bits per heavy atom. The highest BCUT2D eigenvalue weighted by atomic mass is 19.1. The van der Waals surface area contributed by atoms with E-state index < -0.39 is 0 Å². The topological polar surface area (TPSA) is 55.1 Å². The molecule has 86 valence electrons. The highest BCUT2D eigenvalue weighted by molar-refractivity contribution is 6.03. The Bertz CT molecular complexity index is 445. The third-order valence-corrected chi connectivity index (χ3v) is 3.11. The minimum absolute atomic E-state index is 0.0925. The second-order valence-corrected chi connectivity index (χ2v) is 4.18. The van der Waals surface area contributed by atoms with Crippen LogP contribution in [0.25, 0.3) is 0 Å². The molecule has 1 heterocycles. The normalized spacial score (nSPS) is 20.5. The SMILES string of the molecule is CCC(N)c1cc(F)cc2c1NC(=O)C2C. The van der Waals surface area contributed by atoms with Gasteiger partial charge in [-0.1, -0.05) is 6.92 Å². The Hall–Kier alpha value is -1.42. The lowest BCUT2D eigenvalue weighted by atomic mass is 9.96. The van der Waals surface area contributed by atoms with E-state index in [-0.39, 0.29) is 23.7 Å². The number of halogens is 1. The molecule has 2 atom stereocenters. The van der Waals surface area contributed by atoms with Crippen LogP contribution in [-0.2, 0) is 4.79 Å². The predicted molar refractivity (Wildman–Crippen MR) is 60.7 cm³/mol. The molecule has 2 rings (SSSR count). The number of benzene rings is 1. The fourth-order valence-electron chi connectivity index (χ4n) is 2.02. The van der Waals surface area contributed by atoms with E-state index in [2.05, 4.69) is 5.32 Å². The molecule has 0 aliphatic carbocycles. The van der Waals surface area contributed by atoms with Gasteiger partial charge in [-0.05, 0) is 36.6 Å². The van der Waals surface area contributed by atoms with Crippen molar-refractivity contribution < 1.29 is 9.18 Å². The molecule has 1 aliphatic heterocycles. The molecule has 0 aromatic heterocycles. The maximum Gasteiger partial charge on any atom is 0.231 e.